The molecular weight excluding hydrogens is 474 g/mol. The molecule has 0 saturated carbocycles. The van der Waals surface area contributed by atoms with Crippen LogP contribution < -0.4 is 10.9 Å². The van der Waals surface area contributed by atoms with Crippen molar-refractivity contribution in [1.29, 1.82) is 0 Å². The Labute approximate surface area is 173 Å². The highest BCUT2D eigenvalue weighted by molar-refractivity contribution is 9.10. The molecule has 3 aromatic rings. The van der Waals surface area contributed by atoms with Gasteiger partial charge in [-0.2, -0.15) is 5.10 Å². The number of carbonyl (C=O) groups is 1. The molecule has 0 aliphatic heterocycles. The number of rotatable bonds is 6. The zero-order valence-electron chi connectivity index (χ0n) is 14.4. The standard InChI is InChI=1S/C20H17Br2N3O2/c21-16-6-4-15(5-7-16)18-8-9-20(27)25(24-18)11-10-19(26)23-13-14-2-1-3-17(22)12-14/h1-9,12H,10-11,13H2,(H,23,26). The highest BCUT2D eigenvalue weighted by atomic mass is 79.9. The van der Waals surface area contributed by atoms with Gasteiger partial charge in [0.05, 0.1) is 12.2 Å². The van der Waals surface area contributed by atoms with E-state index in [1.807, 2.05) is 48.5 Å². The molecule has 0 atom stereocenters. The van der Waals surface area contributed by atoms with Crippen LogP contribution in [0.15, 0.2) is 74.4 Å². The van der Waals surface area contributed by atoms with Gasteiger partial charge in [-0.3, -0.25) is 9.59 Å². The number of aryl methyl sites for hydroxylation is 1. The van der Waals surface area contributed by atoms with Gasteiger partial charge in [-0.15, -0.1) is 0 Å². The first kappa shape index (κ1) is 19.5. The highest BCUT2D eigenvalue weighted by Gasteiger charge is 2.07. The molecule has 0 aliphatic carbocycles. The molecule has 1 amide bonds. The summed E-state index contributed by atoms with van der Waals surface area (Å²) in [6.07, 6.45) is 0.185. The Morgan fingerprint density at radius 3 is 2.52 bits per heavy atom. The average Bonchev–Trinajstić information content (AvgIpc) is 2.66. The van der Waals surface area contributed by atoms with Gasteiger partial charge in [0.2, 0.25) is 5.91 Å². The van der Waals surface area contributed by atoms with E-state index < -0.39 is 0 Å². The Morgan fingerprint density at radius 1 is 1.00 bits per heavy atom. The zero-order valence-corrected chi connectivity index (χ0v) is 17.5. The van der Waals surface area contributed by atoms with Gasteiger partial charge in [-0.05, 0) is 35.9 Å². The van der Waals surface area contributed by atoms with Gasteiger partial charge >= 0.3 is 0 Å². The lowest BCUT2D eigenvalue weighted by Gasteiger charge is -2.08. The normalized spacial score (nSPS) is 10.6. The molecule has 0 bridgehead atoms. The monoisotopic (exact) mass is 489 g/mol. The Kier molecular flexibility index (Phi) is 6.58. The van der Waals surface area contributed by atoms with Crippen molar-refractivity contribution in [2.75, 3.05) is 0 Å². The molecule has 138 valence electrons. The molecular formula is C20H17Br2N3O2. The van der Waals surface area contributed by atoms with Gasteiger partial charge in [0, 0.05) is 33.5 Å². The molecule has 1 N–H and O–H groups in total. The van der Waals surface area contributed by atoms with Crippen LogP contribution in [-0.2, 0) is 17.9 Å². The second-order valence-corrected chi connectivity index (χ2v) is 7.77. The number of halogens is 2. The minimum absolute atomic E-state index is 0.127. The summed E-state index contributed by atoms with van der Waals surface area (Å²) in [5, 5.41) is 7.24. The van der Waals surface area contributed by atoms with E-state index in [4.69, 9.17) is 0 Å². The van der Waals surface area contributed by atoms with Crippen LogP contribution in [0.25, 0.3) is 11.3 Å². The van der Waals surface area contributed by atoms with E-state index in [2.05, 4.69) is 42.3 Å². The molecule has 5 nitrogen and oxygen atoms in total. The molecule has 0 saturated heterocycles. The molecule has 0 spiro atoms. The Hall–Kier alpha value is -2.25. The van der Waals surface area contributed by atoms with E-state index in [1.54, 1.807) is 6.07 Å². The molecule has 2 aromatic carbocycles. The average molecular weight is 491 g/mol. The molecule has 0 fully saturated rings. The predicted molar refractivity (Wildman–Crippen MR) is 112 cm³/mol. The quantitative estimate of drug-likeness (QED) is 0.564. The molecule has 27 heavy (non-hydrogen) atoms. The summed E-state index contributed by atoms with van der Waals surface area (Å²) in [6, 6.07) is 18.6. The smallest absolute Gasteiger partial charge is 0.266 e. The number of carbonyl (C=O) groups excluding carboxylic acids is 1. The lowest BCUT2D eigenvalue weighted by molar-refractivity contribution is -0.121. The van der Waals surface area contributed by atoms with Crippen LogP contribution in [0.4, 0.5) is 0 Å². The topological polar surface area (TPSA) is 64.0 Å². The molecule has 0 aliphatic rings. The number of benzene rings is 2. The van der Waals surface area contributed by atoms with Gasteiger partial charge in [0.15, 0.2) is 0 Å². The number of nitrogens with zero attached hydrogens (tertiary/aromatic N) is 2. The first-order chi connectivity index (χ1) is 13.0. The lowest BCUT2D eigenvalue weighted by Crippen LogP contribution is -2.28. The predicted octanol–water partition coefficient (Wildman–Crippen LogP) is 4.14. The summed E-state index contributed by atoms with van der Waals surface area (Å²) in [7, 11) is 0. The van der Waals surface area contributed by atoms with Crippen molar-refractivity contribution in [3.8, 4) is 11.3 Å². The van der Waals surface area contributed by atoms with Crippen molar-refractivity contribution >= 4 is 37.8 Å². The first-order valence-electron chi connectivity index (χ1n) is 8.36. The molecule has 3 rings (SSSR count). The first-order valence-corrected chi connectivity index (χ1v) is 9.95. The number of nitrogens with one attached hydrogen (secondary N) is 1. The van der Waals surface area contributed by atoms with Crippen LogP contribution in [0.3, 0.4) is 0 Å². The summed E-state index contributed by atoms with van der Waals surface area (Å²) < 4.78 is 3.27. The van der Waals surface area contributed by atoms with Crippen LogP contribution in [0.1, 0.15) is 12.0 Å². The molecule has 1 aromatic heterocycles. The van der Waals surface area contributed by atoms with Crippen molar-refractivity contribution in [2.24, 2.45) is 0 Å². The summed E-state index contributed by atoms with van der Waals surface area (Å²) in [5.74, 6) is -0.127. The van der Waals surface area contributed by atoms with E-state index >= 15 is 0 Å². The summed E-state index contributed by atoms with van der Waals surface area (Å²) in [5.41, 5.74) is 2.38. The van der Waals surface area contributed by atoms with Crippen molar-refractivity contribution in [2.45, 2.75) is 19.5 Å². The van der Waals surface area contributed by atoms with Crippen LogP contribution >= 0.6 is 31.9 Å². The van der Waals surface area contributed by atoms with Crippen LogP contribution in [-0.4, -0.2) is 15.7 Å². The maximum Gasteiger partial charge on any atom is 0.266 e. The van der Waals surface area contributed by atoms with E-state index in [0.717, 1.165) is 20.1 Å². The second-order valence-electron chi connectivity index (χ2n) is 5.94. The van der Waals surface area contributed by atoms with Gasteiger partial charge < -0.3 is 5.32 Å². The fourth-order valence-corrected chi connectivity index (χ4v) is 3.24. The van der Waals surface area contributed by atoms with E-state index in [9.17, 15) is 9.59 Å². The summed E-state index contributed by atoms with van der Waals surface area (Å²) in [6.45, 7) is 0.674. The second kappa shape index (κ2) is 9.10. The maximum absolute atomic E-state index is 12.1. The minimum Gasteiger partial charge on any atom is -0.352 e. The fourth-order valence-electron chi connectivity index (χ4n) is 2.53. The number of aromatic nitrogens is 2. The van der Waals surface area contributed by atoms with Crippen molar-refractivity contribution in [3.63, 3.8) is 0 Å². The van der Waals surface area contributed by atoms with Gasteiger partial charge in [-0.1, -0.05) is 56.1 Å². The van der Waals surface area contributed by atoms with Crippen molar-refractivity contribution in [3.05, 3.63) is 85.5 Å². The van der Waals surface area contributed by atoms with Crippen LogP contribution in [0.2, 0.25) is 0 Å². The van der Waals surface area contributed by atoms with Crippen LogP contribution in [0.5, 0.6) is 0 Å². The number of amides is 1. The summed E-state index contributed by atoms with van der Waals surface area (Å²) >= 11 is 6.80. The third-order valence-electron chi connectivity index (χ3n) is 3.94. The van der Waals surface area contributed by atoms with E-state index in [0.29, 0.717) is 12.2 Å². The largest absolute Gasteiger partial charge is 0.352 e. The Morgan fingerprint density at radius 2 is 1.78 bits per heavy atom. The zero-order chi connectivity index (χ0) is 19.2. The molecule has 1 heterocycles. The highest BCUT2D eigenvalue weighted by Crippen LogP contribution is 2.18. The van der Waals surface area contributed by atoms with Crippen molar-refractivity contribution < 1.29 is 4.79 Å². The van der Waals surface area contributed by atoms with Gasteiger partial charge in [0.1, 0.15) is 0 Å². The SMILES string of the molecule is O=C(CCn1nc(-c2ccc(Br)cc2)ccc1=O)NCc1cccc(Br)c1. The number of hydrogen-bond acceptors (Lipinski definition) is 3. The maximum atomic E-state index is 12.1. The van der Waals surface area contributed by atoms with Gasteiger partial charge in [0.25, 0.3) is 5.56 Å². The fraction of sp³-hybridized carbons (Fsp3) is 0.150. The summed E-state index contributed by atoms with van der Waals surface area (Å²) in [4.78, 5) is 24.1. The Balaban J connectivity index is 1.61. The van der Waals surface area contributed by atoms with Crippen LogP contribution in [0, 0.1) is 0 Å². The van der Waals surface area contributed by atoms with Crippen molar-refractivity contribution in [1.82, 2.24) is 15.1 Å². The molecule has 0 radical (unpaired) electrons. The third kappa shape index (κ3) is 5.61. The van der Waals surface area contributed by atoms with E-state index in [-0.39, 0.29) is 24.4 Å². The minimum atomic E-state index is -0.226. The molecule has 7 heteroatoms. The van der Waals surface area contributed by atoms with E-state index in [1.165, 1.54) is 10.7 Å². The molecule has 0 unspecified atom stereocenters. The lowest BCUT2D eigenvalue weighted by atomic mass is 10.1. The Bertz CT molecular complexity index is 1000. The third-order valence-corrected chi connectivity index (χ3v) is 4.96. The van der Waals surface area contributed by atoms with Gasteiger partial charge in [-0.25, -0.2) is 4.68 Å². The number of hydrogen-bond donors (Lipinski definition) is 1.